The van der Waals surface area contributed by atoms with Gasteiger partial charge in [-0.05, 0) is 19.1 Å². The van der Waals surface area contributed by atoms with Crippen molar-refractivity contribution < 1.29 is 19.3 Å². The molecule has 0 aliphatic rings. The number of amides is 2. The maximum absolute atomic E-state index is 13.3. The molecule has 0 saturated heterocycles. The zero-order valence-electron chi connectivity index (χ0n) is 10.4. The van der Waals surface area contributed by atoms with Crippen LogP contribution in [0.4, 0.5) is 10.1 Å². The highest BCUT2D eigenvalue weighted by atomic mass is 19.1. The zero-order chi connectivity index (χ0) is 13.5. The lowest BCUT2D eigenvalue weighted by Gasteiger charge is -2.11. The highest BCUT2D eigenvalue weighted by Crippen LogP contribution is 2.11. The fraction of sp³-hybridized carbons (Fsp3) is 0.333. The first-order valence-electron chi connectivity index (χ1n) is 5.64. The predicted octanol–water partition coefficient (Wildman–Crippen LogP) is -0.538. The van der Waals surface area contributed by atoms with Gasteiger partial charge in [-0.2, -0.15) is 0 Å². The quantitative estimate of drug-likeness (QED) is 0.660. The second-order valence-electron chi connectivity index (χ2n) is 3.87. The van der Waals surface area contributed by atoms with E-state index < -0.39 is 11.9 Å². The van der Waals surface area contributed by atoms with Gasteiger partial charge < -0.3 is 16.0 Å². The van der Waals surface area contributed by atoms with Crippen molar-refractivity contribution in [1.82, 2.24) is 5.32 Å². The van der Waals surface area contributed by atoms with Crippen molar-refractivity contribution in [2.45, 2.75) is 13.0 Å². The molecular weight excluding hydrogens is 237 g/mol. The molecule has 1 aromatic rings. The molecule has 0 aliphatic carbocycles. The van der Waals surface area contributed by atoms with Crippen molar-refractivity contribution in [3.63, 3.8) is 0 Å². The van der Waals surface area contributed by atoms with E-state index in [1.54, 1.807) is 24.4 Å². The summed E-state index contributed by atoms with van der Waals surface area (Å²) in [5.41, 5.74) is 0.141. The van der Waals surface area contributed by atoms with Gasteiger partial charge >= 0.3 is 0 Å². The second-order valence-corrected chi connectivity index (χ2v) is 3.87. The number of nitrogens with two attached hydrogens (primary N) is 1. The van der Waals surface area contributed by atoms with Crippen molar-refractivity contribution in [2.24, 2.45) is 0 Å². The van der Waals surface area contributed by atoms with Crippen molar-refractivity contribution >= 4 is 17.5 Å². The second kappa shape index (κ2) is 6.70. The maximum Gasteiger partial charge on any atom is 0.282 e. The van der Waals surface area contributed by atoms with Gasteiger partial charge in [-0.15, -0.1) is 0 Å². The Labute approximate surface area is 105 Å². The first-order valence-corrected chi connectivity index (χ1v) is 5.64. The van der Waals surface area contributed by atoms with E-state index in [1.807, 2.05) is 0 Å². The molecule has 0 radical (unpaired) electrons. The summed E-state index contributed by atoms with van der Waals surface area (Å²) in [6, 6.07) is 5.47. The third-order valence-electron chi connectivity index (χ3n) is 2.48. The molecule has 18 heavy (non-hydrogen) atoms. The minimum absolute atomic E-state index is 0.141. The van der Waals surface area contributed by atoms with Crippen LogP contribution in [0.3, 0.4) is 0 Å². The highest BCUT2D eigenvalue weighted by molar-refractivity contribution is 5.93. The normalized spacial score (nSPS) is 11.7. The minimum atomic E-state index is -0.482. The van der Waals surface area contributed by atoms with Crippen molar-refractivity contribution in [1.29, 1.82) is 0 Å². The Hall–Kier alpha value is -1.95. The Morgan fingerprint density at radius 2 is 2.06 bits per heavy atom. The van der Waals surface area contributed by atoms with Gasteiger partial charge in [0.25, 0.3) is 11.8 Å². The summed E-state index contributed by atoms with van der Waals surface area (Å²) in [5.74, 6) is -0.992. The maximum atomic E-state index is 13.3. The molecule has 0 fully saturated rings. The van der Waals surface area contributed by atoms with Crippen LogP contribution in [0, 0.1) is 5.82 Å². The molecule has 98 valence electrons. The molecule has 1 atom stereocenters. The summed E-state index contributed by atoms with van der Waals surface area (Å²) < 4.78 is 13.3. The molecule has 0 bridgehead atoms. The Balaban J connectivity index is 2.50. The van der Waals surface area contributed by atoms with Crippen LogP contribution in [0.5, 0.6) is 0 Å². The Morgan fingerprint density at radius 1 is 1.39 bits per heavy atom. The third-order valence-corrected chi connectivity index (χ3v) is 2.48. The van der Waals surface area contributed by atoms with Crippen molar-refractivity contribution in [3.05, 3.63) is 30.1 Å². The number of quaternary nitrogens is 1. The van der Waals surface area contributed by atoms with Crippen LogP contribution in [0.1, 0.15) is 6.92 Å². The van der Waals surface area contributed by atoms with Gasteiger partial charge in [0, 0.05) is 7.05 Å². The molecule has 0 aromatic heterocycles. The van der Waals surface area contributed by atoms with Gasteiger partial charge in [-0.25, -0.2) is 4.39 Å². The van der Waals surface area contributed by atoms with E-state index in [1.165, 1.54) is 19.2 Å². The number of para-hydroxylation sites is 1. The lowest BCUT2D eigenvalue weighted by atomic mass is 10.2. The fourth-order valence-electron chi connectivity index (χ4n) is 1.30. The molecule has 5 nitrogen and oxygen atoms in total. The topological polar surface area (TPSA) is 74.8 Å². The van der Waals surface area contributed by atoms with Crippen molar-refractivity contribution in [2.75, 3.05) is 18.9 Å². The Kier molecular flexibility index (Phi) is 5.26. The van der Waals surface area contributed by atoms with Gasteiger partial charge in [0.1, 0.15) is 5.82 Å². The highest BCUT2D eigenvalue weighted by Gasteiger charge is 2.18. The summed E-state index contributed by atoms with van der Waals surface area (Å²) >= 11 is 0. The standard InChI is InChI=1S/C12H16FN3O2/c1-8(15-7-11(17)14-2)12(18)16-10-6-4-3-5-9(10)13/h3-6,8,15H,7H2,1-2H3,(H,14,17)(H,16,18)/p+1/t8-/m0/s1. The molecule has 1 aromatic carbocycles. The first-order chi connectivity index (χ1) is 8.54. The Bertz CT molecular complexity index is 437. The van der Waals surface area contributed by atoms with Crippen LogP contribution >= 0.6 is 0 Å². The number of carbonyl (C=O) groups excluding carboxylic acids is 2. The molecular formula is C12H17FN3O2+. The number of hydrogen-bond acceptors (Lipinski definition) is 2. The van der Waals surface area contributed by atoms with Crippen LogP contribution in [-0.2, 0) is 9.59 Å². The number of hydrogen-bond donors (Lipinski definition) is 3. The summed E-state index contributed by atoms with van der Waals surface area (Å²) in [7, 11) is 1.53. The first kappa shape index (κ1) is 14.1. The molecule has 2 amide bonds. The predicted molar refractivity (Wildman–Crippen MR) is 65.4 cm³/mol. The molecule has 4 N–H and O–H groups in total. The molecule has 1 rings (SSSR count). The van der Waals surface area contributed by atoms with Crippen LogP contribution in [0.2, 0.25) is 0 Å². The molecule has 0 aliphatic heterocycles. The number of nitrogens with one attached hydrogen (secondary N) is 2. The number of halogens is 1. The van der Waals surface area contributed by atoms with Gasteiger partial charge in [0.2, 0.25) is 0 Å². The van der Waals surface area contributed by atoms with E-state index in [4.69, 9.17) is 0 Å². The van der Waals surface area contributed by atoms with Gasteiger partial charge in [-0.3, -0.25) is 9.59 Å². The lowest BCUT2D eigenvalue weighted by molar-refractivity contribution is -0.662. The fourth-order valence-corrected chi connectivity index (χ4v) is 1.30. The zero-order valence-corrected chi connectivity index (χ0v) is 10.4. The molecule has 0 saturated carbocycles. The average Bonchev–Trinajstić information content (AvgIpc) is 2.38. The van der Waals surface area contributed by atoms with Gasteiger partial charge in [-0.1, -0.05) is 12.1 Å². The SMILES string of the molecule is CNC(=O)C[NH2+][C@@H](C)C(=O)Nc1ccccc1F. The number of carbonyl (C=O) groups is 2. The summed E-state index contributed by atoms with van der Waals surface area (Å²) in [6.07, 6.45) is 0. The summed E-state index contributed by atoms with van der Waals surface area (Å²) in [6.45, 7) is 1.81. The summed E-state index contributed by atoms with van der Waals surface area (Å²) in [5, 5.41) is 6.51. The molecule has 0 heterocycles. The average molecular weight is 254 g/mol. The number of anilines is 1. The van der Waals surface area contributed by atoms with E-state index in [-0.39, 0.29) is 24.0 Å². The van der Waals surface area contributed by atoms with E-state index in [2.05, 4.69) is 10.6 Å². The van der Waals surface area contributed by atoms with E-state index >= 15 is 0 Å². The smallest absolute Gasteiger partial charge is 0.282 e. The Morgan fingerprint density at radius 3 is 2.67 bits per heavy atom. The summed E-state index contributed by atoms with van der Waals surface area (Å²) in [4.78, 5) is 22.7. The third kappa shape index (κ3) is 4.14. The number of likely N-dealkylation sites (N-methyl/N-ethyl adjacent to an activating group) is 1. The van der Waals surface area contributed by atoms with Gasteiger partial charge in [0.05, 0.1) is 5.69 Å². The van der Waals surface area contributed by atoms with E-state index in [0.29, 0.717) is 0 Å². The number of benzene rings is 1. The van der Waals surface area contributed by atoms with Crippen LogP contribution < -0.4 is 16.0 Å². The van der Waals surface area contributed by atoms with Crippen LogP contribution in [-0.4, -0.2) is 31.4 Å². The lowest BCUT2D eigenvalue weighted by Crippen LogP contribution is -2.93. The molecule has 6 heteroatoms. The van der Waals surface area contributed by atoms with Crippen LogP contribution in [0.25, 0.3) is 0 Å². The molecule has 0 spiro atoms. The van der Waals surface area contributed by atoms with Crippen LogP contribution in [0.15, 0.2) is 24.3 Å². The largest absolute Gasteiger partial charge is 0.354 e. The van der Waals surface area contributed by atoms with E-state index in [0.717, 1.165) is 0 Å². The molecule has 0 unspecified atom stereocenters. The minimum Gasteiger partial charge on any atom is -0.354 e. The number of rotatable bonds is 5. The van der Waals surface area contributed by atoms with Gasteiger partial charge in [0.15, 0.2) is 12.6 Å². The monoisotopic (exact) mass is 254 g/mol. The van der Waals surface area contributed by atoms with E-state index in [9.17, 15) is 14.0 Å². The van der Waals surface area contributed by atoms with Crippen molar-refractivity contribution in [3.8, 4) is 0 Å².